The third kappa shape index (κ3) is 4.02. The molecule has 0 aliphatic heterocycles. The number of methoxy groups -OCH3 is 2. The van der Waals surface area contributed by atoms with Gasteiger partial charge in [-0.1, -0.05) is 18.2 Å². The zero-order valence-corrected chi connectivity index (χ0v) is 20.3. The van der Waals surface area contributed by atoms with Gasteiger partial charge < -0.3 is 24.3 Å². The molecule has 2 aromatic heterocycles. The topological polar surface area (TPSA) is 98.8 Å². The van der Waals surface area contributed by atoms with Gasteiger partial charge >= 0.3 is 5.97 Å². The van der Waals surface area contributed by atoms with E-state index in [1.165, 1.54) is 13.2 Å². The molecule has 0 spiro atoms. The molecule has 182 valence electrons. The zero-order valence-electron chi connectivity index (χ0n) is 20.3. The van der Waals surface area contributed by atoms with E-state index in [2.05, 4.69) is 5.32 Å². The molecule has 2 N–H and O–H groups in total. The minimum atomic E-state index is -1.08. The van der Waals surface area contributed by atoms with Crippen LogP contribution in [0, 0.1) is 13.8 Å². The number of hydrogen-bond donors (Lipinski definition) is 2. The number of anilines is 2. The number of aromatic carboxylic acids is 1. The van der Waals surface area contributed by atoms with E-state index in [9.17, 15) is 9.90 Å². The van der Waals surface area contributed by atoms with Crippen LogP contribution in [-0.2, 0) is 0 Å². The van der Waals surface area contributed by atoms with Crippen LogP contribution in [0.25, 0.3) is 28.0 Å². The molecule has 0 saturated heterocycles. The summed E-state index contributed by atoms with van der Waals surface area (Å²) in [5.74, 6) is 1.29. The van der Waals surface area contributed by atoms with E-state index in [1.54, 1.807) is 23.9 Å². The van der Waals surface area contributed by atoms with Crippen LogP contribution < -0.4 is 14.8 Å². The highest BCUT2D eigenvalue weighted by atomic mass is 16.5. The van der Waals surface area contributed by atoms with Gasteiger partial charge in [-0.25, -0.2) is 9.48 Å². The van der Waals surface area contributed by atoms with Crippen LogP contribution in [0.3, 0.4) is 0 Å². The maximum atomic E-state index is 12.1. The minimum absolute atomic E-state index is 0.0739. The highest BCUT2D eigenvalue weighted by Crippen LogP contribution is 2.40. The lowest BCUT2D eigenvalue weighted by atomic mass is 10.1. The molecule has 0 radical (unpaired) electrons. The van der Waals surface area contributed by atoms with Crippen LogP contribution in [-0.4, -0.2) is 35.1 Å². The third-order valence-electron chi connectivity index (χ3n) is 6.08. The molecule has 8 heteroatoms. The predicted molar refractivity (Wildman–Crippen MR) is 138 cm³/mol. The SMILES string of the molecule is COc1ccc(Nc2c(-c3cc4cc(OC)ccc4o3)c(C)nn2-c2ccccc2C)c(C(=O)O)c1. The molecule has 2 heterocycles. The molecule has 5 aromatic rings. The number of para-hydroxylation sites is 1. The number of hydrogen-bond acceptors (Lipinski definition) is 6. The Morgan fingerprint density at radius 3 is 2.42 bits per heavy atom. The normalized spacial score (nSPS) is 11.0. The average molecular weight is 484 g/mol. The highest BCUT2D eigenvalue weighted by Gasteiger charge is 2.24. The fourth-order valence-electron chi connectivity index (χ4n) is 4.25. The van der Waals surface area contributed by atoms with Crippen molar-refractivity contribution >= 4 is 28.4 Å². The van der Waals surface area contributed by atoms with Crippen molar-refractivity contribution < 1.29 is 23.8 Å². The Labute approximate surface area is 207 Å². The number of rotatable bonds is 7. The first-order chi connectivity index (χ1) is 17.4. The summed E-state index contributed by atoms with van der Waals surface area (Å²) in [6.07, 6.45) is 0. The summed E-state index contributed by atoms with van der Waals surface area (Å²) >= 11 is 0. The summed E-state index contributed by atoms with van der Waals surface area (Å²) in [6, 6.07) is 20.3. The second kappa shape index (κ2) is 9.14. The Kier molecular flexibility index (Phi) is 5.85. The van der Waals surface area contributed by atoms with Crippen LogP contribution in [0.4, 0.5) is 11.5 Å². The third-order valence-corrected chi connectivity index (χ3v) is 6.08. The number of furan rings is 1. The van der Waals surface area contributed by atoms with Gasteiger partial charge in [-0.15, -0.1) is 0 Å². The zero-order chi connectivity index (χ0) is 25.4. The lowest BCUT2D eigenvalue weighted by molar-refractivity contribution is 0.0697. The quantitative estimate of drug-likeness (QED) is 0.278. The average Bonchev–Trinajstić information content (AvgIpc) is 3.43. The van der Waals surface area contributed by atoms with Gasteiger partial charge in [0.25, 0.3) is 0 Å². The molecule has 0 aliphatic rings. The van der Waals surface area contributed by atoms with E-state index in [-0.39, 0.29) is 5.56 Å². The van der Waals surface area contributed by atoms with Gasteiger partial charge in [0.05, 0.1) is 42.4 Å². The maximum absolute atomic E-state index is 12.1. The lowest BCUT2D eigenvalue weighted by Gasteiger charge is -2.15. The first-order valence-electron chi connectivity index (χ1n) is 11.3. The van der Waals surface area contributed by atoms with Crippen molar-refractivity contribution in [3.05, 3.63) is 83.6 Å². The Bertz CT molecular complexity index is 1600. The monoisotopic (exact) mass is 483 g/mol. The van der Waals surface area contributed by atoms with Crippen molar-refractivity contribution in [3.63, 3.8) is 0 Å². The second-order valence-electron chi connectivity index (χ2n) is 8.36. The molecule has 0 atom stereocenters. The van der Waals surface area contributed by atoms with Crippen LogP contribution in [0.1, 0.15) is 21.6 Å². The van der Waals surface area contributed by atoms with Gasteiger partial charge in [-0.05, 0) is 67.9 Å². The molecule has 3 aromatic carbocycles. The summed E-state index contributed by atoms with van der Waals surface area (Å²) in [7, 11) is 3.12. The van der Waals surface area contributed by atoms with Gasteiger partial charge in [0.15, 0.2) is 0 Å². The number of aryl methyl sites for hydroxylation is 2. The Hall–Kier alpha value is -4.72. The minimum Gasteiger partial charge on any atom is -0.497 e. The number of ether oxygens (including phenoxy) is 2. The fourth-order valence-corrected chi connectivity index (χ4v) is 4.25. The largest absolute Gasteiger partial charge is 0.497 e. The number of fused-ring (bicyclic) bond motifs is 1. The summed E-state index contributed by atoms with van der Waals surface area (Å²) < 4.78 is 18.6. The summed E-state index contributed by atoms with van der Waals surface area (Å²) in [5.41, 5.74) is 4.49. The lowest BCUT2D eigenvalue weighted by Crippen LogP contribution is -2.08. The van der Waals surface area contributed by atoms with Crippen molar-refractivity contribution in [3.8, 4) is 28.5 Å². The van der Waals surface area contributed by atoms with Gasteiger partial charge in [-0.2, -0.15) is 5.10 Å². The molecule has 0 amide bonds. The van der Waals surface area contributed by atoms with Crippen LogP contribution in [0.2, 0.25) is 0 Å². The molecule has 8 nitrogen and oxygen atoms in total. The van der Waals surface area contributed by atoms with Crippen molar-refractivity contribution in [1.29, 1.82) is 0 Å². The molecule has 0 aliphatic carbocycles. The van der Waals surface area contributed by atoms with E-state index in [1.807, 2.05) is 62.4 Å². The number of nitrogens with one attached hydrogen (secondary N) is 1. The molecular weight excluding hydrogens is 458 g/mol. The van der Waals surface area contributed by atoms with Gasteiger partial charge in [0, 0.05) is 5.39 Å². The number of aromatic nitrogens is 2. The number of carboxylic acid groups (broad SMARTS) is 1. The summed E-state index contributed by atoms with van der Waals surface area (Å²) in [4.78, 5) is 12.1. The Morgan fingerprint density at radius 1 is 0.972 bits per heavy atom. The summed E-state index contributed by atoms with van der Waals surface area (Å²) in [6.45, 7) is 3.90. The maximum Gasteiger partial charge on any atom is 0.337 e. The second-order valence-corrected chi connectivity index (χ2v) is 8.36. The number of benzene rings is 3. The molecule has 0 fully saturated rings. The van der Waals surface area contributed by atoms with E-state index in [0.717, 1.165) is 33.6 Å². The van der Waals surface area contributed by atoms with Crippen molar-refractivity contribution in [1.82, 2.24) is 9.78 Å². The van der Waals surface area contributed by atoms with E-state index in [4.69, 9.17) is 19.0 Å². The molecular formula is C28H25N3O5. The molecule has 0 bridgehead atoms. The number of carbonyl (C=O) groups is 1. The van der Waals surface area contributed by atoms with Crippen molar-refractivity contribution in [2.45, 2.75) is 13.8 Å². The van der Waals surface area contributed by atoms with Gasteiger partial charge in [0.2, 0.25) is 0 Å². The molecule has 0 saturated carbocycles. The first-order valence-corrected chi connectivity index (χ1v) is 11.3. The van der Waals surface area contributed by atoms with Crippen molar-refractivity contribution in [2.75, 3.05) is 19.5 Å². The Balaban J connectivity index is 1.73. The van der Waals surface area contributed by atoms with E-state index >= 15 is 0 Å². The van der Waals surface area contributed by atoms with Crippen LogP contribution in [0.15, 0.2) is 71.1 Å². The van der Waals surface area contributed by atoms with E-state index in [0.29, 0.717) is 28.6 Å². The molecule has 0 unspecified atom stereocenters. The molecule has 36 heavy (non-hydrogen) atoms. The Morgan fingerprint density at radius 2 is 1.69 bits per heavy atom. The van der Waals surface area contributed by atoms with Crippen LogP contribution in [0.5, 0.6) is 11.5 Å². The number of carboxylic acids is 1. The smallest absolute Gasteiger partial charge is 0.337 e. The van der Waals surface area contributed by atoms with Crippen LogP contribution >= 0.6 is 0 Å². The van der Waals surface area contributed by atoms with Gasteiger partial charge in [0.1, 0.15) is 28.7 Å². The highest BCUT2D eigenvalue weighted by molar-refractivity contribution is 5.97. The standard InChI is InChI=1S/C28H25N3O5/c1-16-7-5-6-8-23(16)31-27(29-22-11-9-20(35-4)15-21(22)28(32)33)26(17(2)30-31)25-14-18-13-19(34-3)10-12-24(18)36-25/h5-15,29H,1-4H3,(H,32,33). The number of nitrogens with zero attached hydrogens (tertiary/aromatic N) is 2. The van der Waals surface area contributed by atoms with Crippen molar-refractivity contribution in [2.24, 2.45) is 0 Å². The fraction of sp³-hybridized carbons (Fsp3) is 0.143. The first kappa shape index (κ1) is 23.0. The van der Waals surface area contributed by atoms with E-state index < -0.39 is 5.97 Å². The molecule has 5 rings (SSSR count). The van der Waals surface area contributed by atoms with Gasteiger partial charge in [-0.3, -0.25) is 0 Å². The predicted octanol–water partition coefficient (Wildman–Crippen LogP) is 6.36. The summed E-state index contributed by atoms with van der Waals surface area (Å²) in [5, 5.41) is 18.9.